The molecule has 33 heavy (non-hydrogen) atoms. The van der Waals surface area contributed by atoms with E-state index >= 15 is 0 Å². The summed E-state index contributed by atoms with van der Waals surface area (Å²) in [6.45, 7) is 0.659. The van der Waals surface area contributed by atoms with Crippen molar-refractivity contribution >= 4 is 40.2 Å². The van der Waals surface area contributed by atoms with Crippen LogP contribution in [0.1, 0.15) is 35.5 Å². The van der Waals surface area contributed by atoms with Gasteiger partial charge in [-0.3, -0.25) is 9.79 Å². The molecule has 4 N–H and O–H groups in total. The number of alkyl carbamates (subject to hydrolysis) is 1. The van der Waals surface area contributed by atoms with Crippen LogP contribution in [0.3, 0.4) is 0 Å². The SMILES string of the molecule is Cn1ccnc1CNC(=O)OCC1CCc2c(sc(NC(=O)/C=C/C3=CN=CCC3)c2N)C1. The number of aryl methyl sites for hydroxylation is 1. The molecule has 1 aliphatic heterocycles. The van der Waals surface area contributed by atoms with Gasteiger partial charge in [-0.2, -0.15) is 0 Å². The van der Waals surface area contributed by atoms with Gasteiger partial charge in [0.1, 0.15) is 10.8 Å². The van der Waals surface area contributed by atoms with Gasteiger partial charge < -0.3 is 25.7 Å². The zero-order valence-corrected chi connectivity index (χ0v) is 19.4. The molecule has 3 heterocycles. The molecule has 1 atom stereocenters. The van der Waals surface area contributed by atoms with Crippen LogP contribution in [0.25, 0.3) is 0 Å². The third-order valence-electron chi connectivity index (χ3n) is 5.76. The molecule has 0 spiro atoms. The first-order chi connectivity index (χ1) is 16.0. The molecule has 2 aliphatic rings. The van der Waals surface area contributed by atoms with Gasteiger partial charge in [-0.1, -0.05) is 6.08 Å². The van der Waals surface area contributed by atoms with E-state index in [1.165, 1.54) is 17.4 Å². The summed E-state index contributed by atoms with van der Waals surface area (Å²) in [5.41, 5.74) is 9.08. The number of aromatic nitrogens is 2. The lowest BCUT2D eigenvalue weighted by molar-refractivity contribution is -0.111. The average Bonchev–Trinajstić information content (AvgIpc) is 3.37. The molecule has 2 amide bonds. The molecule has 2 aromatic rings. The van der Waals surface area contributed by atoms with Gasteiger partial charge in [0.25, 0.3) is 0 Å². The molecule has 0 fully saturated rings. The van der Waals surface area contributed by atoms with Crippen molar-refractivity contribution in [3.63, 3.8) is 0 Å². The number of nitrogens with one attached hydrogen (secondary N) is 2. The lowest BCUT2D eigenvalue weighted by Crippen LogP contribution is -2.28. The molecular formula is C23H28N6O3S. The lowest BCUT2D eigenvalue weighted by atomic mass is 9.89. The van der Waals surface area contributed by atoms with Crippen molar-refractivity contribution in [2.45, 2.75) is 38.6 Å². The van der Waals surface area contributed by atoms with E-state index in [9.17, 15) is 9.59 Å². The van der Waals surface area contributed by atoms with Gasteiger partial charge in [0.05, 0.1) is 18.8 Å². The number of amides is 2. The number of anilines is 2. The number of allylic oxidation sites excluding steroid dienone is 2. The Balaban J connectivity index is 1.27. The highest BCUT2D eigenvalue weighted by Crippen LogP contribution is 2.41. The molecule has 0 radical (unpaired) electrons. The van der Waals surface area contributed by atoms with Crippen LogP contribution in [0.5, 0.6) is 0 Å². The minimum atomic E-state index is -0.451. The highest BCUT2D eigenvalue weighted by atomic mass is 32.1. The average molecular weight is 469 g/mol. The maximum absolute atomic E-state index is 12.3. The molecule has 9 nitrogen and oxygen atoms in total. The monoisotopic (exact) mass is 468 g/mol. The maximum atomic E-state index is 12.3. The Morgan fingerprint density at radius 3 is 3.03 bits per heavy atom. The zero-order chi connectivity index (χ0) is 23.2. The van der Waals surface area contributed by atoms with Crippen LogP contribution in [0, 0.1) is 5.92 Å². The Hall–Kier alpha value is -3.40. The summed E-state index contributed by atoms with van der Waals surface area (Å²) in [4.78, 5) is 33.8. The van der Waals surface area contributed by atoms with Crippen LogP contribution in [-0.4, -0.2) is 34.4 Å². The predicted octanol–water partition coefficient (Wildman–Crippen LogP) is 3.34. The van der Waals surface area contributed by atoms with E-state index in [1.54, 1.807) is 18.5 Å². The van der Waals surface area contributed by atoms with Crippen LogP contribution < -0.4 is 16.4 Å². The van der Waals surface area contributed by atoms with E-state index in [4.69, 9.17) is 10.5 Å². The van der Waals surface area contributed by atoms with E-state index in [-0.39, 0.29) is 11.8 Å². The standard InChI is InChI=1S/C23H28N6O3S/c1-29-10-9-26-19(29)13-27-23(31)32-14-16-4-6-17-18(11-16)33-22(21(17)24)28-20(30)7-5-15-3-2-8-25-12-15/h5,7-10,12,16H,2-4,6,11,13-14,24H2,1H3,(H,27,31)(H,28,30)/b7-5+. The number of nitrogens with two attached hydrogens (primary N) is 1. The molecule has 1 aliphatic carbocycles. The third kappa shape index (κ3) is 5.89. The second-order valence-electron chi connectivity index (χ2n) is 8.16. The van der Waals surface area contributed by atoms with Crippen LogP contribution >= 0.6 is 11.3 Å². The van der Waals surface area contributed by atoms with Crippen LogP contribution in [0.4, 0.5) is 15.5 Å². The number of rotatable bonds is 7. The highest BCUT2D eigenvalue weighted by molar-refractivity contribution is 7.17. The van der Waals surface area contributed by atoms with Crippen molar-refractivity contribution in [2.24, 2.45) is 18.0 Å². The van der Waals surface area contributed by atoms with Gasteiger partial charge in [-0.25, -0.2) is 9.78 Å². The van der Waals surface area contributed by atoms with Gasteiger partial charge >= 0.3 is 6.09 Å². The second kappa shape index (κ2) is 10.5. The third-order valence-corrected chi connectivity index (χ3v) is 6.95. The number of nitrogen functional groups attached to an aromatic ring is 1. The van der Waals surface area contributed by atoms with Crippen molar-refractivity contribution in [1.82, 2.24) is 14.9 Å². The number of ether oxygens (including phenoxy) is 1. The van der Waals surface area contributed by atoms with Crippen molar-refractivity contribution in [2.75, 3.05) is 17.7 Å². The first-order valence-corrected chi connectivity index (χ1v) is 11.8. The molecule has 4 rings (SSSR count). The van der Waals surface area contributed by atoms with E-state index in [2.05, 4.69) is 20.6 Å². The second-order valence-corrected chi connectivity index (χ2v) is 9.26. The van der Waals surface area contributed by atoms with Gasteiger partial charge in [-0.05, 0) is 49.2 Å². The normalized spacial score (nSPS) is 17.5. The number of hydrogen-bond donors (Lipinski definition) is 3. The van der Waals surface area contributed by atoms with Crippen molar-refractivity contribution in [3.05, 3.63) is 52.6 Å². The summed E-state index contributed by atoms with van der Waals surface area (Å²) in [6, 6.07) is 0. The predicted molar refractivity (Wildman–Crippen MR) is 129 cm³/mol. The summed E-state index contributed by atoms with van der Waals surface area (Å²) in [7, 11) is 1.87. The molecule has 2 aromatic heterocycles. The van der Waals surface area contributed by atoms with Gasteiger partial charge in [0.15, 0.2) is 0 Å². The number of carbonyl (C=O) groups is 2. The van der Waals surface area contributed by atoms with Crippen molar-refractivity contribution in [1.29, 1.82) is 0 Å². The summed E-state index contributed by atoms with van der Waals surface area (Å²) in [5.74, 6) is 0.772. The van der Waals surface area contributed by atoms with E-state index in [0.29, 0.717) is 23.8 Å². The molecule has 0 bridgehead atoms. The summed E-state index contributed by atoms with van der Waals surface area (Å²) in [5, 5.41) is 6.31. The number of hydrogen-bond acceptors (Lipinski definition) is 7. The molecule has 1 unspecified atom stereocenters. The van der Waals surface area contributed by atoms with Gasteiger partial charge in [-0.15, -0.1) is 11.3 Å². The Morgan fingerprint density at radius 1 is 1.39 bits per heavy atom. The Labute approximate surface area is 196 Å². The number of thiophene rings is 1. The highest BCUT2D eigenvalue weighted by Gasteiger charge is 2.26. The number of imidazole rings is 1. The Morgan fingerprint density at radius 2 is 2.27 bits per heavy atom. The fourth-order valence-electron chi connectivity index (χ4n) is 3.86. The Bertz CT molecular complexity index is 1110. The minimum absolute atomic E-state index is 0.208. The fourth-order valence-corrected chi connectivity index (χ4v) is 5.14. The van der Waals surface area contributed by atoms with Crippen LogP contribution in [0.15, 0.2) is 41.3 Å². The molecule has 10 heteroatoms. The topological polar surface area (TPSA) is 124 Å². The fraction of sp³-hybridized carbons (Fsp3) is 0.391. The summed E-state index contributed by atoms with van der Waals surface area (Å²) < 4.78 is 7.26. The molecule has 0 saturated heterocycles. The van der Waals surface area contributed by atoms with Crippen molar-refractivity contribution < 1.29 is 14.3 Å². The molecule has 0 saturated carbocycles. The van der Waals surface area contributed by atoms with Crippen LogP contribution in [0.2, 0.25) is 0 Å². The van der Waals surface area contributed by atoms with E-state index in [0.717, 1.165) is 53.9 Å². The largest absolute Gasteiger partial charge is 0.449 e. The summed E-state index contributed by atoms with van der Waals surface area (Å²) in [6.07, 6.45) is 14.2. The lowest BCUT2D eigenvalue weighted by Gasteiger charge is -2.22. The smallest absolute Gasteiger partial charge is 0.407 e. The summed E-state index contributed by atoms with van der Waals surface area (Å²) >= 11 is 1.50. The van der Waals surface area contributed by atoms with Crippen LogP contribution in [-0.2, 0) is 36.0 Å². The first-order valence-electron chi connectivity index (χ1n) is 11.0. The first kappa shape index (κ1) is 22.8. The number of carbonyl (C=O) groups excluding carboxylic acids is 2. The van der Waals surface area contributed by atoms with Gasteiger partial charge in [0.2, 0.25) is 5.91 Å². The maximum Gasteiger partial charge on any atom is 0.407 e. The zero-order valence-electron chi connectivity index (χ0n) is 18.5. The number of aliphatic imine (C=N–C) groups is 1. The number of nitrogens with zero attached hydrogens (tertiary/aromatic N) is 3. The van der Waals surface area contributed by atoms with E-state index < -0.39 is 6.09 Å². The number of fused-ring (bicyclic) bond motifs is 1. The molecular weight excluding hydrogens is 440 g/mol. The quantitative estimate of drug-likeness (QED) is 0.538. The molecule has 0 aromatic carbocycles. The molecule has 174 valence electrons. The minimum Gasteiger partial charge on any atom is -0.449 e. The van der Waals surface area contributed by atoms with E-state index in [1.807, 2.05) is 24.0 Å². The van der Waals surface area contributed by atoms with Gasteiger partial charge in [0, 0.05) is 42.8 Å². The van der Waals surface area contributed by atoms with Crippen molar-refractivity contribution in [3.8, 4) is 0 Å². The Kier molecular flexibility index (Phi) is 7.23.